The van der Waals surface area contributed by atoms with Crippen LogP contribution in [-0.4, -0.2) is 10.1 Å². The topological polar surface area (TPSA) is 53.1 Å². The standard InChI is InChI=1S/C12H8F3NO2/c13-12(14,15)8-5-10(11(18)16-6-8)7-1-3-9(17)4-2-7/h1-6,17H,(H,16,18). The number of phenolic OH excluding ortho intramolecular Hbond substituents is 1. The van der Waals surface area contributed by atoms with Crippen LogP contribution in [0.2, 0.25) is 0 Å². The number of phenols is 1. The Kier molecular flexibility index (Phi) is 2.86. The molecule has 0 radical (unpaired) electrons. The lowest BCUT2D eigenvalue weighted by Crippen LogP contribution is -2.13. The summed E-state index contributed by atoms with van der Waals surface area (Å²) in [7, 11) is 0. The van der Waals surface area contributed by atoms with Crippen molar-refractivity contribution in [2.75, 3.05) is 0 Å². The monoisotopic (exact) mass is 255 g/mol. The van der Waals surface area contributed by atoms with Gasteiger partial charge in [0.2, 0.25) is 0 Å². The Morgan fingerprint density at radius 2 is 1.72 bits per heavy atom. The summed E-state index contributed by atoms with van der Waals surface area (Å²) in [6.07, 6.45) is -3.89. The van der Waals surface area contributed by atoms with E-state index in [9.17, 15) is 18.0 Å². The predicted octanol–water partition coefficient (Wildman–Crippen LogP) is 2.77. The predicted molar refractivity (Wildman–Crippen MR) is 59.2 cm³/mol. The minimum Gasteiger partial charge on any atom is -0.508 e. The van der Waals surface area contributed by atoms with Crippen LogP contribution in [-0.2, 0) is 6.18 Å². The molecule has 2 N–H and O–H groups in total. The maximum atomic E-state index is 12.5. The lowest BCUT2D eigenvalue weighted by atomic mass is 10.1. The van der Waals surface area contributed by atoms with E-state index < -0.39 is 17.3 Å². The highest BCUT2D eigenvalue weighted by Gasteiger charge is 2.31. The average Bonchev–Trinajstić information content (AvgIpc) is 2.29. The summed E-state index contributed by atoms with van der Waals surface area (Å²) >= 11 is 0. The average molecular weight is 255 g/mol. The number of alkyl halides is 3. The van der Waals surface area contributed by atoms with Gasteiger partial charge in [-0.1, -0.05) is 12.1 Å². The molecule has 0 aliphatic rings. The van der Waals surface area contributed by atoms with Gasteiger partial charge in [0.05, 0.1) is 5.56 Å². The van der Waals surface area contributed by atoms with Crippen molar-refractivity contribution in [3.8, 4) is 16.9 Å². The van der Waals surface area contributed by atoms with Gasteiger partial charge in [-0.3, -0.25) is 4.79 Å². The number of halogens is 3. The van der Waals surface area contributed by atoms with Gasteiger partial charge in [0, 0.05) is 11.8 Å². The van der Waals surface area contributed by atoms with Crippen molar-refractivity contribution in [2.24, 2.45) is 0 Å². The van der Waals surface area contributed by atoms with E-state index in [4.69, 9.17) is 5.11 Å². The van der Waals surface area contributed by atoms with Crippen LogP contribution in [0.3, 0.4) is 0 Å². The molecule has 0 aliphatic heterocycles. The van der Waals surface area contributed by atoms with Crippen LogP contribution < -0.4 is 5.56 Å². The van der Waals surface area contributed by atoms with Gasteiger partial charge in [0.15, 0.2) is 0 Å². The number of H-pyrrole nitrogens is 1. The fraction of sp³-hybridized carbons (Fsp3) is 0.0833. The zero-order chi connectivity index (χ0) is 13.3. The van der Waals surface area contributed by atoms with Gasteiger partial charge in [0.1, 0.15) is 5.75 Å². The molecule has 0 spiro atoms. The quantitative estimate of drug-likeness (QED) is 0.823. The largest absolute Gasteiger partial charge is 0.508 e. The third-order valence-electron chi connectivity index (χ3n) is 2.41. The number of hydrogen-bond donors (Lipinski definition) is 2. The van der Waals surface area contributed by atoms with E-state index in [2.05, 4.69) is 4.98 Å². The highest BCUT2D eigenvalue weighted by molar-refractivity contribution is 5.63. The summed E-state index contributed by atoms with van der Waals surface area (Å²) in [6.45, 7) is 0. The number of rotatable bonds is 1. The molecule has 18 heavy (non-hydrogen) atoms. The number of benzene rings is 1. The smallest absolute Gasteiger partial charge is 0.417 e. The first kappa shape index (κ1) is 12.2. The third kappa shape index (κ3) is 2.37. The molecule has 0 amide bonds. The summed E-state index contributed by atoms with van der Waals surface area (Å²) in [5.74, 6) is -0.0258. The van der Waals surface area contributed by atoms with Gasteiger partial charge in [-0.25, -0.2) is 0 Å². The van der Waals surface area contributed by atoms with Crippen molar-refractivity contribution < 1.29 is 18.3 Å². The summed E-state index contributed by atoms with van der Waals surface area (Å²) < 4.78 is 37.6. The molecule has 0 unspecified atom stereocenters. The van der Waals surface area contributed by atoms with E-state index in [0.717, 1.165) is 6.07 Å². The highest BCUT2D eigenvalue weighted by Crippen LogP contribution is 2.30. The van der Waals surface area contributed by atoms with Crippen LogP contribution >= 0.6 is 0 Å². The molecule has 0 atom stereocenters. The molecule has 1 heterocycles. The molecule has 94 valence electrons. The first-order valence-electron chi connectivity index (χ1n) is 4.97. The number of aromatic hydroxyl groups is 1. The molecule has 0 aliphatic carbocycles. The van der Waals surface area contributed by atoms with E-state index in [1.165, 1.54) is 24.3 Å². The fourth-order valence-corrected chi connectivity index (χ4v) is 1.50. The fourth-order valence-electron chi connectivity index (χ4n) is 1.50. The van der Waals surface area contributed by atoms with Gasteiger partial charge < -0.3 is 10.1 Å². The second-order valence-electron chi connectivity index (χ2n) is 3.68. The van der Waals surface area contributed by atoms with Gasteiger partial charge in [-0.05, 0) is 23.8 Å². The number of aromatic nitrogens is 1. The van der Waals surface area contributed by atoms with E-state index in [-0.39, 0.29) is 11.3 Å². The Bertz CT molecular complexity index is 614. The maximum Gasteiger partial charge on any atom is 0.417 e. The number of aromatic amines is 1. The number of hydrogen-bond acceptors (Lipinski definition) is 2. The van der Waals surface area contributed by atoms with Crippen molar-refractivity contribution in [1.82, 2.24) is 4.98 Å². The van der Waals surface area contributed by atoms with Crippen molar-refractivity contribution in [3.63, 3.8) is 0 Å². The van der Waals surface area contributed by atoms with E-state index >= 15 is 0 Å². The van der Waals surface area contributed by atoms with Crippen molar-refractivity contribution in [2.45, 2.75) is 6.18 Å². The van der Waals surface area contributed by atoms with Gasteiger partial charge >= 0.3 is 6.18 Å². The van der Waals surface area contributed by atoms with Crippen LogP contribution in [0.15, 0.2) is 41.3 Å². The van der Waals surface area contributed by atoms with Crippen LogP contribution in [0.25, 0.3) is 11.1 Å². The van der Waals surface area contributed by atoms with E-state index in [0.29, 0.717) is 11.8 Å². The molecule has 1 aromatic carbocycles. The second-order valence-corrected chi connectivity index (χ2v) is 3.68. The zero-order valence-electron chi connectivity index (χ0n) is 8.95. The zero-order valence-corrected chi connectivity index (χ0v) is 8.95. The van der Waals surface area contributed by atoms with Crippen LogP contribution in [0.1, 0.15) is 5.56 Å². The normalized spacial score (nSPS) is 11.5. The second kappa shape index (κ2) is 4.21. The SMILES string of the molecule is O=c1[nH]cc(C(F)(F)F)cc1-c1ccc(O)cc1. The molecule has 0 saturated heterocycles. The van der Waals surface area contributed by atoms with Crippen LogP contribution in [0.4, 0.5) is 13.2 Å². The summed E-state index contributed by atoms with van der Waals surface area (Å²) in [5.41, 5.74) is -1.33. The molecule has 1 aromatic heterocycles. The Morgan fingerprint density at radius 1 is 1.11 bits per heavy atom. The lowest BCUT2D eigenvalue weighted by molar-refractivity contribution is -0.137. The lowest BCUT2D eigenvalue weighted by Gasteiger charge is -2.08. The maximum absolute atomic E-state index is 12.5. The molecule has 6 heteroatoms. The van der Waals surface area contributed by atoms with E-state index in [1.807, 2.05) is 0 Å². The number of nitrogens with one attached hydrogen (secondary N) is 1. The highest BCUT2D eigenvalue weighted by atomic mass is 19.4. The summed E-state index contributed by atoms with van der Waals surface area (Å²) in [5, 5.41) is 9.09. The van der Waals surface area contributed by atoms with Gasteiger partial charge in [-0.2, -0.15) is 13.2 Å². The van der Waals surface area contributed by atoms with Crippen LogP contribution in [0, 0.1) is 0 Å². The molecule has 2 aromatic rings. The third-order valence-corrected chi connectivity index (χ3v) is 2.41. The van der Waals surface area contributed by atoms with Crippen molar-refractivity contribution in [3.05, 3.63) is 52.4 Å². The Hall–Kier alpha value is -2.24. The van der Waals surface area contributed by atoms with Gasteiger partial charge in [0.25, 0.3) is 5.56 Å². The number of pyridine rings is 1. The van der Waals surface area contributed by atoms with Gasteiger partial charge in [-0.15, -0.1) is 0 Å². The molecular formula is C12H8F3NO2. The summed E-state index contributed by atoms with van der Waals surface area (Å²) in [6, 6.07) is 6.13. The van der Waals surface area contributed by atoms with Crippen molar-refractivity contribution in [1.29, 1.82) is 0 Å². The Morgan fingerprint density at radius 3 is 2.28 bits per heavy atom. The first-order valence-corrected chi connectivity index (χ1v) is 4.97. The minimum atomic E-state index is -4.52. The molecule has 2 rings (SSSR count). The Balaban J connectivity index is 2.57. The first-order chi connectivity index (χ1) is 8.38. The molecule has 3 nitrogen and oxygen atoms in total. The van der Waals surface area contributed by atoms with E-state index in [1.54, 1.807) is 0 Å². The molecular weight excluding hydrogens is 247 g/mol. The minimum absolute atomic E-state index is 0.0258. The summed E-state index contributed by atoms with van der Waals surface area (Å²) in [4.78, 5) is 13.5. The molecule has 0 saturated carbocycles. The Labute approximate surface area is 99.5 Å². The van der Waals surface area contributed by atoms with Crippen molar-refractivity contribution >= 4 is 0 Å². The molecule has 0 fully saturated rings. The molecule has 0 bridgehead atoms. The van der Waals surface area contributed by atoms with Crippen LogP contribution in [0.5, 0.6) is 5.75 Å².